The van der Waals surface area contributed by atoms with E-state index < -0.39 is 5.97 Å². The van der Waals surface area contributed by atoms with Crippen molar-refractivity contribution in [1.82, 2.24) is 0 Å². The molecule has 0 unspecified atom stereocenters. The molecular weight excluding hydrogens is 304 g/mol. The second-order valence-corrected chi connectivity index (χ2v) is 6.87. The summed E-state index contributed by atoms with van der Waals surface area (Å²) in [4.78, 5) is 10.8. The van der Waals surface area contributed by atoms with Crippen molar-refractivity contribution in [2.75, 3.05) is 13.2 Å². The van der Waals surface area contributed by atoms with Crippen LogP contribution in [-0.4, -0.2) is 24.3 Å². The van der Waals surface area contributed by atoms with Crippen LogP contribution in [0.15, 0.2) is 35.9 Å². The van der Waals surface area contributed by atoms with E-state index in [0.717, 1.165) is 29.1 Å². The Bertz CT molecular complexity index is 668. The van der Waals surface area contributed by atoms with Gasteiger partial charge in [-0.3, -0.25) is 0 Å². The van der Waals surface area contributed by atoms with Crippen LogP contribution in [0.3, 0.4) is 0 Å². The van der Waals surface area contributed by atoms with Crippen LogP contribution in [-0.2, 0) is 4.79 Å². The molecule has 0 aliphatic carbocycles. The molecule has 1 aromatic rings. The number of allylic oxidation sites excluding steroid dienone is 2. The van der Waals surface area contributed by atoms with E-state index >= 15 is 0 Å². The van der Waals surface area contributed by atoms with Crippen LogP contribution in [0.5, 0.6) is 11.5 Å². The van der Waals surface area contributed by atoms with Gasteiger partial charge in [0.2, 0.25) is 0 Å². The Morgan fingerprint density at radius 2 is 2.17 bits per heavy atom. The number of carboxylic acids is 1. The molecule has 0 radical (unpaired) electrons. The third kappa shape index (κ3) is 4.88. The monoisotopic (exact) mass is 330 g/mol. The Hall–Kier alpha value is -2.23. The molecule has 1 aromatic carbocycles. The number of hydrogen-bond acceptors (Lipinski definition) is 3. The fraction of sp³-hybridized carbons (Fsp3) is 0.450. The number of aliphatic carboxylic acids is 1. The summed E-state index contributed by atoms with van der Waals surface area (Å²) in [5, 5.41) is 8.87. The highest BCUT2D eigenvalue weighted by molar-refractivity contribution is 5.80. The quantitative estimate of drug-likeness (QED) is 0.768. The minimum Gasteiger partial charge on any atom is -0.494 e. The largest absolute Gasteiger partial charge is 0.494 e. The van der Waals surface area contributed by atoms with Crippen LogP contribution in [0.1, 0.15) is 46.1 Å². The van der Waals surface area contributed by atoms with Gasteiger partial charge in [-0.05, 0) is 50.5 Å². The molecule has 0 spiro atoms. The number of benzene rings is 1. The molecular formula is C20H26O4. The lowest BCUT2D eigenvalue weighted by molar-refractivity contribution is -0.131. The third-order valence-corrected chi connectivity index (χ3v) is 3.93. The maximum absolute atomic E-state index is 10.8. The zero-order valence-corrected chi connectivity index (χ0v) is 14.9. The number of rotatable bonds is 6. The van der Waals surface area contributed by atoms with E-state index in [1.165, 1.54) is 11.6 Å². The maximum atomic E-state index is 10.8. The minimum absolute atomic E-state index is 0.0788. The van der Waals surface area contributed by atoms with Gasteiger partial charge in [0.15, 0.2) is 0 Å². The summed E-state index contributed by atoms with van der Waals surface area (Å²) >= 11 is 0. The Morgan fingerprint density at radius 1 is 1.42 bits per heavy atom. The Balaban J connectivity index is 2.33. The molecule has 4 nitrogen and oxygen atoms in total. The first-order valence-corrected chi connectivity index (χ1v) is 8.32. The predicted octanol–water partition coefficient (Wildman–Crippen LogP) is 4.70. The Labute approximate surface area is 143 Å². The first kappa shape index (κ1) is 18.1. The lowest BCUT2D eigenvalue weighted by atomic mass is 9.88. The normalized spacial score (nSPS) is 16.5. The molecule has 1 N–H and O–H groups in total. The summed E-state index contributed by atoms with van der Waals surface area (Å²) in [6.07, 6.45) is 4.98. The molecule has 0 saturated carbocycles. The van der Waals surface area contributed by atoms with E-state index in [-0.39, 0.29) is 5.41 Å². The smallest absolute Gasteiger partial charge is 0.328 e. The highest BCUT2D eigenvalue weighted by Gasteiger charge is 2.24. The highest BCUT2D eigenvalue weighted by atomic mass is 16.5. The van der Waals surface area contributed by atoms with Crippen molar-refractivity contribution in [2.45, 2.75) is 40.5 Å². The molecule has 1 aliphatic rings. The number of carboxylic acid groups (broad SMARTS) is 1. The van der Waals surface area contributed by atoms with E-state index in [2.05, 4.69) is 19.9 Å². The fourth-order valence-electron chi connectivity index (χ4n) is 2.82. The van der Waals surface area contributed by atoms with Crippen LogP contribution >= 0.6 is 0 Å². The van der Waals surface area contributed by atoms with Gasteiger partial charge in [0.25, 0.3) is 0 Å². The van der Waals surface area contributed by atoms with Crippen LogP contribution in [0, 0.1) is 5.41 Å². The molecule has 0 fully saturated rings. The van der Waals surface area contributed by atoms with Gasteiger partial charge >= 0.3 is 5.97 Å². The predicted molar refractivity (Wildman–Crippen MR) is 95.5 cm³/mol. The average Bonchev–Trinajstić information content (AvgIpc) is 2.61. The van der Waals surface area contributed by atoms with Crippen molar-refractivity contribution < 1.29 is 19.4 Å². The summed E-state index contributed by atoms with van der Waals surface area (Å²) < 4.78 is 11.6. The minimum atomic E-state index is -0.898. The third-order valence-electron chi connectivity index (χ3n) is 3.93. The van der Waals surface area contributed by atoms with Crippen LogP contribution in [0.2, 0.25) is 0 Å². The van der Waals surface area contributed by atoms with Crippen LogP contribution < -0.4 is 9.47 Å². The molecule has 0 atom stereocenters. The standard InChI is InChI=1S/C20H26O4/c1-5-23-16-8-9-18-17(11-16)15(12-20(3,4)13-24-18)7-6-14(2)10-19(21)22/h8-12H,5-7,13H2,1-4H3,(H,21,22)/b14-10+. The second-order valence-electron chi connectivity index (χ2n) is 6.87. The lowest BCUT2D eigenvalue weighted by Gasteiger charge is -2.18. The van der Waals surface area contributed by atoms with Gasteiger partial charge in [0.05, 0.1) is 13.2 Å². The van der Waals surface area contributed by atoms with Gasteiger partial charge in [0.1, 0.15) is 11.5 Å². The van der Waals surface area contributed by atoms with Crippen molar-refractivity contribution in [3.63, 3.8) is 0 Å². The molecule has 1 heterocycles. The van der Waals surface area contributed by atoms with Crippen molar-refractivity contribution in [1.29, 1.82) is 0 Å². The summed E-state index contributed by atoms with van der Waals surface area (Å²) in [5.74, 6) is 0.781. The lowest BCUT2D eigenvalue weighted by Crippen LogP contribution is -2.17. The molecule has 1 aliphatic heterocycles. The zero-order valence-electron chi connectivity index (χ0n) is 14.9. The summed E-state index contributed by atoms with van der Waals surface area (Å²) in [7, 11) is 0. The SMILES string of the molecule is CCOc1ccc2c(c1)C(CC/C(C)=C/C(=O)O)=CC(C)(C)CO2. The van der Waals surface area contributed by atoms with Gasteiger partial charge in [-0.1, -0.05) is 25.5 Å². The van der Waals surface area contributed by atoms with Crippen molar-refractivity contribution in [2.24, 2.45) is 5.41 Å². The van der Waals surface area contributed by atoms with Gasteiger partial charge in [-0.15, -0.1) is 0 Å². The number of ether oxygens (including phenoxy) is 2. The van der Waals surface area contributed by atoms with E-state index in [9.17, 15) is 4.79 Å². The summed E-state index contributed by atoms with van der Waals surface area (Å²) in [6, 6.07) is 5.89. The molecule has 0 amide bonds. The van der Waals surface area contributed by atoms with E-state index in [0.29, 0.717) is 19.6 Å². The van der Waals surface area contributed by atoms with Gasteiger partial charge in [-0.2, -0.15) is 0 Å². The molecule has 24 heavy (non-hydrogen) atoms. The van der Waals surface area contributed by atoms with Crippen molar-refractivity contribution >= 4 is 11.5 Å². The van der Waals surface area contributed by atoms with Crippen molar-refractivity contribution in [3.8, 4) is 11.5 Å². The maximum Gasteiger partial charge on any atom is 0.328 e. The first-order valence-electron chi connectivity index (χ1n) is 8.32. The summed E-state index contributed by atoms with van der Waals surface area (Å²) in [6.45, 7) is 9.32. The zero-order chi connectivity index (χ0) is 17.7. The Morgan fingerprint density at radius 3 is 2.83 bits per heavy atom. The molecule has 2 rings (SSSR count). The van der Waals surface area contributed by atoms with E-state index in [4.69, 9.17) is 14.6 Å². The average molecular weight is 330 g/mol. The van der Waals surface area contributed by atoms with Gasteiger partial charge in [-0.25, -0.2) is 4.79 Å². The topological polar surface area (TPSA) is 55.8 Å². The molecule has 0 aromatic heterocycles. The number of hydrogen-bond donors (Lipinski definition) is 1. The number of fused-ring (bicyclic) bond motifs is 1. The van der Waals surface area contributed by atoms with E-state index in [1.807, 2.05) is 32.0 Å². The molecule has 130 valence electrons. The van der Waals surface area contributed by atoms with Gasteiger partial charge < -0.3 is 14.6 Å². The number of carbonyl (C=O) groups is 1. The first-order chi connectivity index (χ1) is 11.3. The van der Waals surface area contributed by atoms with Crippen molar-refractivity contribution in [3.05, 3.63) is 41.5 Å². The molecule has 0 saturated heterocycles. The molecule has 4 heteroatoms. The second kappa shape index (κ2) is 7.56. The van der Waals surface area contributed by atoms with E-state index in [1.54, 1.807) is 0 Å². The van der Waals surface area contributed by atoms with Crippen LogP contribution in [0.25, 0.3) is 5.57 Å². The fourth-order valence-corrected chi connectivity index (χ4v) is 2.82. The molecule has 0 bridgehead atoms. The highest BCUT2D eigenvalue weighted by Crippen LogP contribution is 2.39. The van der Waals surface area contributed by atoms with Gasteiger partial charge in [0, 0.05) is 17.1 Å². The van der Waals surface area contributed by atoms with Crippen LogP contribution in [0.4, 0.5) is 0 Å². The Kier molecular flexibility index (Phi) is 5.71. The summed E-state index contributed by atoms with van der Waals surface area (Å²) in [5.41, 5.74) is 2.99.